The number of phenolic OH excluding ortho intramolecular Hbond substituents is 2. The van der Waals surface area contributed by atoms with Crippen molar-refractivity contribution in [1.82, 2.24) is 0 Å². The maximum atomic E-state index is 9.57. The Kier molecular flexibility index (Phi) is 8.24. The third-order valence-corrected chi connectivity index (χ3v) is 3.41. The molecule has 0 bridgehead atoms. The molecule has 0 spiro atoms. The van der Waals surface area contributed by atoms with Crippen LogP contribution in [0.1, 0.15) is 11.1 Å². The standard InChI is InChI=1S/2C7H6O.C2H7N2.Fe/c2*1-6-4-2-3-5-7(6)8;3-1-2-4;/h2*1-5,8H;3H,1-2,4H2;/q;;-1;. The zero-order valence-corrected chi connectivity index (χ0v) is 12.6. The Morgan fingerprint density at radius 3 is 1.62 bits per heavy atom. The molecule has 2 aromatic rings. The van der Waals surface area contributed by atoms with Crippen LogP contribution in [0.3, 0.4) is 0 Å². The molecule has 0 saturated carbocycles. The number of hydrogen-bond acceptors (Lipinski definition) is 3. The van der Waals surface area contributed by atoms with Crippen molar-refractivity contribution < 1.29 is 24.3 Å². The van der Waals surface area contributed by atoms with E-state index < -0.39 is 0 Å². The van der Waals surface area contributed by atoms with Crippen molar-refractivity contribution in [3.8, 4) is 11.5 Å². The molecule has 114 valence electrons. The van der Waals surface area contributed by atoms with Gasteiger partial charge in [-0.15, -0.1) is 6.54 Å². The van der Waals surface area contributed by atoms with Gasteiger partial charge in [0.1, 0.15) is 0 Å². The summed E-state index contributed by atoms with van der Waals surface area (Å²) in [6.45, 7) is 0.833. The van der Waals surface area contributed by atoms with E-state index in [1.54, 1.807) is 24.3 Å². The van der Waals surface area contributed by atoms with Crippen molar-refractivity contribution in [3.05, 3.63) is 65.4 Å². The molecule has 0 aliphatic heterocycles. The van der Waals surface area contributed by atoms with Crippen molar-refractivity contribution in [2.75, 3.05) is 13.1 Å². The molecule has 0 unspecified atom stereocenters. The van der Waals surface area contributed by atoms with E-state index in [1.165, 1.54) is 0 Å². The zero-order chi connectivity index (χ0) is 15.5. The third-order valence-electron chi connectivity index (χ3n) is 2.36. The van der Waals surface area contributed by atoms with Crippen LogP contribution in [-0.2, 0) is 14.1 Å². The summed E-state index contributed by atoms with van der Waals surface area (Å²) in [5.41, 5.74) is 12.8. The van der Waals surface area contributed by atoms with Crippen LogP contribution in [0.15, 0.2) is 48.5 Å². The van der Waals surface area contributed by atoms with Gasteiger partial charge < -0.3 is 11.5 Å². The quantitative estimate of drug-likeness (QED) is 0.755. The minimum Gasteiger partial charge on any atom is -0.676 e. The molecule has 0 radical (unpaired) electrons. The van der Waals surface area contributed by atoms with Gasteiger partial charge in [0, 0.05) is 0 Å². The molecule has 0 atom stereocenters. The first kappa shape index (κ1) is 17.3. The topological polar surface area (TPSA) is 90.3 Å². The van der Waals surface area contributed by atoms with Crippen LogP contribution in [0.25, 0.3) is 5.73 Å². The molecule has 0 saturated heterocycles. The molecule has 2 rings (SSSR count). The second-order valence-electron chi connectivity index (χ2n) is 3.98. The van der Waals surface area contributed by atoms with Crippen LogP contribution in [0.2, 0.25) is 0 Å². The van der Waals surface area contributed by atoms with Crippen molar-refractivity contribution >= 4 is 9.84 Å². The summed E-state index contributed by atoms with van der Waals surface area (Å²) in [4.78, 5) is 3.84. The van der Waals surface area contributed by atoms with E-state index in [0.717, 1.165) is 11.1 Å². The molecular weight excluding hydrogens is 308 g/mol. The number of phenols is 2. The molecule has 0 heterocycles. The first-order chi connectivity index (χ1) is 10.2. The molecule has 2 aromatic carbocycles. The Bertz CT molecular complexity index is 572. The fourth-order valence-corrected chi connectivity index (χ4v) is 2.33. The summed E-state index contributed by atoms with van der Waals surface area (Å²) in [5, 5.41) is 19.1. The summed E-state index contributed by atoms with van der Waals surface area (Å²) in [6, 6.07) is 14.4. The number of para-hydroxylation sites is 2. The van der Waals surface area contributed by atoms with Gasteiger partial charge in [-0.25, -0.2) is 0 Å². The van der Waals surface area contributed by atoms with Gasteiger partial charge in [-0.05, 0) is 6.54 Å². The maximum Gasteiger partial charge on any atom is -0.0268 e. The molecule has 4 nitrogen and oxygen atoms in total. The van der Waals surface area contributed by atoms with Crippen molar-refractivity contribution in [2.45, 2.75) is 0 Å². The van der Waals surface area contributed by atoms with Gasteiger partial charge >= 0.3 is 105 Å². The smallest absolute Gasteiger partial charge is 0.0268 e. The molecular formula is C16H19FeN2O2-. The number of nitrogens with one attached hydrogen (secondary N) is 1. The molecule has 0 aliphatic rings. The van der Waals surface area contributed by atoms with Crippen molar-refractivity contribution in [1.29, 1.82) is 0 Å². The Labute approximate surface area is 130 Å². The Balaban J connectivity index is 0.000000491. The van der Waals surface area contributed by atoms with E-state index in [-0.39, 0.29) is 11.5 Å². The van der Waals surface area contributed by atoms with E-state index in [2.05, 4.69) is 0 Å². The normalized spacial score (nSPS) is 9.43. The summed E-state index contributed by atoms with van der Waals surface area (Å²) in [7, 11) is 0. The fraction of sp³-hybridized carbons (Fsp3) is 0.125. The Morgan fingerprint density at radius 1 is 0.905 bits per heavy atom. The average Bonchev–Trinajstić information content (AvgIpc) is 2.51. The van der Waals surface area contributed by atoms with Gasteiger partial charge in [0.15, 0.2) is 0 Å². The SMILES string of the molecule is Oc1ccccc1[CH]=[Fe]=[CH]c1ccccc1O.[NH-]CCN. The van der Waals surface area contributed by atoms with Crippen molar-refractivity contribution in [3.63, 3.8) is 0 Å². The maximum absolute atomic E-state index is 9.57. The summed E-state index contributed by atoms with van der Waals surface area (Å²) in [5.74, 6) is 0.552. The molecule has 0 aliphatic carbocycles. The van der Waals surface area contributed by atoms with Gasteiger partial charge in [0.2, 0.25) is 0 Å². The number of rotatable bonds is 3. The number of nitrogens with two attached hydrogens (primary N) is 1. The molecule has 21 heavy (non-hydrogen) atoms. The molecule has 0 fully saturated rings. The van der Waals surface area contributed by atoms with E-state index in [9.17, 15) is 10.2 Å². The van der Waals surface area contributed by atoms with Gasteiger partial charge in [-0.2, -0.15) is 0 Å². The van der Waals surface area contributed by atoms with Crippen molar-refractivity contribution in [2.24, 2.45) is 5.73 Å². The van der Waals surface area contributed by atoms with E-state index >= 15 is 0 Å². The largest absolute Gasteiger partial charge is 0.676 e. The fourth-order valence-electron chi connectivity index (χ4n) is 1.30. The molecule has 5 heteroatoms. The van der Waals surface area contributed by atoms with Crippen LogP contribution in [0.4, 0.5) is 0 Å². The van der Waals surface area contributed by atoms with E-state index in [0.29, 0.717) is 27.2 Å². The predicted molar refractivity (Wildman–Crippen MR) is 84.8 cm³/mol. The zero-order valence-electron chi connectivity index (χ0n) is 11.5. The van der Waals surface area contributed by atoms with Gasteiger partial charge in [-0.3, -0.25) is 0 Å². The second-order valence-corrected chi connectivity index (χ2v) is 4.98. The minimum atomic E-state index is 0.276. The number of aromatic hydroxyl groups is 2. The third kappa shape index (κ3) is 6.47. The number of hydrogen-bond donors (Lipinski definition) is 3. The van der Waals surface area contributed by atoms with E-state index in [1.807, 2.05) is 34.1 Å². The summed E-state index contributed by atoms with van der Waals surface area (Å²) >= 11 is 0.662. The first-order valence-corrected chi connectivity index (χ1v) is 7.62. The first-order valence-electron chi connectivity index (χ1n) is 6.35. The molecule has 5 N–H and O–H groups in total. The minimum absolute atomic E-state index is 0.276. The molecule has 0 amide bonds. The Hall–Kier alpha value is -1.78. The van der Waals surface area contributed by atoms with Crippen LogP contribution in [0, 0.1) is 0 Å². The van der Waals surface area contributed by atoms with Crippen LogP contribution >= 0.6 is 0 Å². The van der Waals surface area contributed by atoms with Gasteiger partial charge in [0.25, 0.3) is 0 Å². The monoisotopic (exact) mass is 327 g/mol. The second kappa shape index (κ2) is 10.0. The number of benzene rings is 2. The summed E-state index contributed by atoms with van der Waals surface area (Å²) < 4.78 is 0. The summed E-state index contributed by atoms with van der Waals surface area (Å²) in [6.07, 6.45) is 0. The van der Waals surface area contributed by atoms with Gasteiger partial charge in [0.05, 0.1) is 0 Å². The van der Waals surface area contributed by atoms with Crippen LogP contribution < -0.4 is 5.73 Å². The van der Waals surface area contributed by atoms with Crippen LogP contribution in [-0.4, -0.2) is 33.1 Å². The van der Waals surface area contributed by atoms with Gasteiger partial charge in [-0.1, -0.05) is 0 Å². The van der Waals surface area contributed by atoms with E-state index in [4.69, 9.17) is 11.5 Å². The molecule has 0 aromatic heterocycles. The Morgan fingerprint density at radius 2 is 1.29 bits per heavy atom. The predicted octanol–water partition coefficient (Wildman–Crippen LogP) is 2.18. The average molecular weight is 327 g/mol. The van der Waals surface area contributed by atoms with Crippen LogP contribution in [0.5, 0.6) is 11.5 Å².